The van der Waals surface area contributed by atoms with Crippen molar-refractivity contribution >= 4 is 29.0 Å². The molecule has 2 aliphatic rings. The van der Waals surface area contributed by atoms with Gasteiger partial charge in [-0.3, -0.25) is 15.0 Å². The van der Waals surface area contributed by atoms with Crippen molar-refractivity contribution in [1.82, 2.24) is 30.0 Å². The average Bonchev–Trinajstić information content (AvgIpc) is 3.55. The molecule has 2 N–H and O–H groups in total. The zero-order valence-electron chi connectivity index (χ0n) is 21.7. The second-order valence-corrected chi connectivity index (χ2v) is 10.9. The van der Waals surface area contributed by atoms with E-state index in [1.165, 1.54) is 0 Å². The minimum atomic E-state index is -0.494. The molecule has 1 aliphatic carbocycles. The third-order valence-corrected chi connectivity index (χ3v) is 6.89. The Morgan fingerprint density at radius 1 is 1.00 bits per heavy atom. The topological polar surface area (TPSA) is 114 Å². The number of ether oxygens (including phenoxy) is 1. The summed E-state index contributed by atoms with van der Waals surface area (Å²) < 4.78 is 7.48. The molecule has 0 aromatic carbocycles. The fourth-order valence-electron chi connectivity index (χ4n) is 4.97. The zero-order chi connectivity index (χ0) is 26.0. The zero-order valence-corrected chi connectivity index (χ0v) is 21.7. The van der Waals surface area contributed by atoms with E-state index in [0.717, 1.165) is 55.2 Å². The molecule has 0 unspecified atom stereocenters. The van der Waals surface area contributed by atoms with Gasteiger partial charge < -0.3 is 15.0 Å². The van der Waals surface area contributed by atoms with Gasteiger partial charge in [-0.1, -0.05) is 12.8 Å². The summed E-state index contributed by atoms with van der Waals surface area (Å²) in [7, 11) is 0. The number of rotatable bonds is 4. The lowest BCUT2D eigenvalue weighted by Crippen LogP contribution is -2.42. The highest BCUT2D eigenvalue weighted by atomic mass is 16.6. The first-order valence-electron chi connectivity index (χ1n) is 13.1. The third kappa shape index (κ3) is 6.18. The van der Waals surface area contributed by atoms with Gasteiger partial charge in [-0.05, 0) is 64.7 Å². The van der Waals surface area contributed by atoms with Crippen LogP contribution in [0.4, 0.5) is 15.4 Å². The molecule has 0 spiro atoms. The van der Waals surface area contributed by atoms with E-state index in [-0.39, 0.29) is 24.2 Å². The second-order valence-electron chi connectivity index (χ2n) is 10.9. The largest absolute Gasteiger partial charge is 0.444 e. The van der Waals surface area contributed by atoms with Crippen LogP contribution in [0.2, 0.25) is 0 Å². The predicted molar refractivity (Wildman–Crippen MR) is 141 cm³/mol. The van der Waals surface area contributed by atoms with E-state index in [1.807, 2.05) is 56.2 Å². The van der Waals surface area contributed by atoms with Gasteiger partial charge in [0, 0.05) is 42.7 Å². The van der Waals surface area contributed by atoms with E-state index in [1.54, 1.807) is 11.0 Å². The van der Waals surface area contributed by atoms with Crippen LogP contribution in [0.5, 0.6) is 0 Å². The Morgan fingerprint density at radius 3 is 2.49 bits per heavy atom. The first-order valence-corrected chi connectivity index (χ1v) is 13.1. The number of aromatic nitrogens is 4. The summed E-state index contributed by atoms with van der Waals surface area (Å²) >= 11 is 0. The van der Waals surface area contributed by atoms with Crippen LogP contribution in [-0.4, -0.2) is 61.5 Å². The number of likely N-dealkylation sites (tertiary alicyclic amines) is 1. The van der Waals surface area contributed by atoms with Gasteiger partial charge in [-0.25, -0.2) is 14.6 Å². The number of piperidine rings is 1. The van der Waals surface area contributed by atoms with Crippen LogP contribution < -0.4 is 10.6 Å². The van der Waals surface area contributed by atoms with Gasteiger partial charge >= 0.3 is 12.1 Å². The standard InChI is InChI=1S/C27H35N7O3/c1-27(2,3)37-26(36)33-12-10-21(11-13-33)34-17-19(16-29-34)18-14-23-22(28-15-18)8-9-24(31-23)32-25(35)30-20-6-4-5-7-20/h8-9,14-17,20-21H,4-7,10-13H2,1-3H3,(H2,30,31,32,35). The summed E-state index contributed by atoms with van der Waals surface area (Å²) in [4.78, 5) is 35.6. The number of pyridine rings is 2. The highest BCUT2D eigenvalue weighted by molar-refractivity contribution is 5.90. The molecule has 2 fully saturated rings. The van der Waals surface area contributed by atoms with Gasteiger partial charge in [-0.2, -0.15) is 5.10 Å². The van der Waals surface area contributed by atoms with Crippen LogP contribution >= 0.6 is 0 Å². The predicted octanol–water partition coefficient (Wildman–Crippen LogP) is 5.13. The van der Waals surface area contributed by atoms with Crippen molar-refractivity contribution < 1.29 is 14.3 Å². The molecule has 10 heteroatoms. The van der Waals surface area contributed by atoms with Gasteiger partial charge in [0.15, 0.2) is 0 Å². The summed E-state index contributed by atoms with van der Waals surface area (Å²) in [6.45, 7) is 6.92. The molecule has 37 heavy (non-hydrogen) atoms. The maximum Gasteiger partial charge on any atom is 0.410 e. The normalized spacial score (nSPS) is 17.2. The van der Waals surface area contributed by atoms with Crippen molar-refractivity contribution in [2.24, 2.45) is 0 Å². The highest BCUT2D eigenvalue weighted by Gasteiger charge is 2.28. The molecular weight excluding hydrogens is 470 g/mol. The van der Waals surface area contributed by atoms with Crippen LogP contribution in [0, 0.1) is 0 Å². The fraction of sp³-hybridized carbons (Fsp3) is 0.519. The van der Waals surface area contributed by atoms with Crippen LogP contribution in [0.3, 0.4) is 0 Å². The summed E-state index contributed by atoms with van der Waals surface area (Å²) in [6.07, 6.45) is 11.4. The van der Waals surface area contributed by atoms with Crippen molar-refractivity contribution in [3.8, 4) is 11.1 Å². The molecule has 0 bridgehead atoms. The minimum Gasteiger partial charge on any atom is -0.444 e. The van der Waals surface area contributed by atoms with E-state index >= 15 is 0 Å². The Morgan fingerprint density at radius 2 is 1.76 bits per heavy atom. The summed E-state index contributed by atoms with van der Waals surface area (Å²) in [6, 6.07) is 5.84. The van der Waals surface area contributed by atoms with E-state index < -0.39 is 5.60 Å². The van der Waals surface area contributed by atoms with Crippen LogP contribution in [0.1, 0.15) is 65.3 Å². The number of urea groups is 1. The molecule has 3 aromatic heterocycles. The molecule has 3 amide bonds. The molecule has 0 atom stereocenters. The summed E-state index contributed by atoms with van der Waals surface area (Å²) in [5.41, 5.74) is 2.82. The monoisotopic (exact) mass is 505 g/mol. The minimum absolute atomic E-state index is 0.216. The average molecular weight is 506 g/mol. The number of hydrogen-bond acceptors (Lipinski definition) is 6. The summed E-state index contributed by atoms with van der Waals surface area (Å²) in [5.74, 6) is 0.495. The lowest BCUT2D eigenvalue weighted by molar-refractivity contribution is 0.0184. The fourth-order valence-corrected chi connectivity index (χ4v) is 4.97. The van der Waals surface area contributed by atoms with E-state index in [2.05, 4.69) is 25.7 Å². The van der Waals surface area contributed by atoms with Crippen molar-refractivity contribution in [1.29, 1.82) is 0 Å². The summed E-state index contributed by atoms with van der Waals surface area (Å²) in [5, 5.41) is 10.5. The third-order valence-electron chi connectivity index (χ3n) is 6.89. The first-order chi connectivity index (χ1) is 17.7. The molecule has 5 rings (SSSR count). The van der Waals surface area contributed by atoms with E-state index in [9.17, 15) is 9.59 Å². The van der Waals surface area contributed by atoms with Crippen LogP contribution in [0.25, 0.3) is 22.2 Å². The van der Waals surface area contributed by atoms with Gasteiger partial charge in [0.25, 0.3) is 0 Å². The maximum absolute atomic E-state index is 12.4. The Labute approximate surface area is 216 Å². The first kappa shape index (κ1) is 25.0. The smallest absolute Gasteiger partial charge is 0.410 e. The number of amides is 3. The second kappa shape index (κ2) is 10.4. The van der Waals surface area contributed by atoms with Gasteiger partial charge in [-0.15, -0.1) is 0 Å². The molecule has 3 aromatic rings. The Bertz CT molecular complexity index is 1270. The number of anilines is 1. The van der Waals surface area contributed by atoms with Crippen molar-refractivity contribution in [2.45, 2.75) is 77.0 Å². The highest BCUT2D eigenvalue weighted by Crippen LogP contribution is 2.27. The Balaban J connectivity index is 1.23. The maximum atomic E-state index is 12.4. The number of fused-ring (bicyclic) bond motifs is 1. The molecular formula is C27H35N7O3. The molecule has 1 aliphatic heterocycles. The van der Waals surface area contributed by atoms with Gasteiger partial charge in [0.1, 0.15) is 11.4 Å². The number of hydrogen-bond donors (Lipinski definition) is 2. The molecule has 4 heterocycles. The van der Waals surface area contributed by atoms with Crippen LogP contribution in [0.15, 0.2) is 36.8 Å². The van der Waals surface area contributed by atoms with E-state index in [0.29, 0.717) is 24.4 Å². The lowest BCUT2D eigenvalue weighted by atomic mass is 10.1. The number of carbonyl (C=O) groups is 2. The number of nitrogens with zero attached hydrogens (tertiary/aromatic N) is 5. The van der Waals surface area contributed by atoms with Crippen molar-refractivity contribution in [2.75, 3.05) is 18.4 Å². The molecule has 1 saturated carbocycles. The number of nitrogens with one attached hydrogen (secondary N) is 2. The molecule has 1 saturated heterocycles. The Kier molecular flexibility index (Phi) is 6.99. The number of carbonyl (C=O) groups excluding carboxylic acids is 2. The molecule has 10 nitrogen and oxygen atoms in total. The lowest BCUT2D eigenvalue weighted by Gasteiger charge is -2.33. The SMILES string of the molecule is CC(C)(C)OC(=O)N1CCC(n2cc(-c3cnc4ccc(NC(=O)NC5CCCC5)nc4c3)cn2)CC1. The molecule has 0 radical (unpaired) electrons. The van der Waals surface area contributed by atoms with Gasteiger partial charge in [0.2, 0.25) is 0 Å². The Hall–Kier alpha value is -3.69. The quantitative estimate of drug-likeness (QED) is 0.508. The molecule has 196 valence electrons. The van der Waals surface area contributed by atoms with Gasteiger partial charge in [0.05, 0.1) is 23.3 Å². The van der Waals surface area contributed by atoms with Crippen molar-refractivity contribution in [3.63, 3.8) is 0 Å². The van der Waals surface area contributed by atoms with Crippen molar-refractivity contribution in [3.05, 3.63) is 36.8 Å². The van der Waals surface area contributed by atoms with Crippen LogP contribution in [-0.2, 0) is 4.74 Å². The van der Waals surface area contributed by atoms with E-state index in [4.69, 9.17) is 4.74 Å².